The largest absolute Gasteiger partial charge is 0.381 e. The molecular formula is C39H30N2. The highest BCUT2D eigenvalue weighted by Gasteiger charge is 2.53. The molecule has 0 fully saturated rings. The van der Waals surface area contributed by atoms with Gasteiger partial charge in [-0.25, -0.2) is 0 Å². The molecule has 0 aromatic heterocycles. The van der Waals surface area contributed by atoms with Crippen molar-refractivity contribution < 1.29 is 0 Å². The van der Waals surface area contributed by atoms with Crippen molar-refractivity contribution in [3.8, 4) is 0 Å². The van der Waals surface area contributed by atoms with Crippen molar-refractivity contribution in [2.75, 3.05) is 13.1 Å². The Bertz CT molecular complexity index is 1980. The second-order valence-electron chi connectivity index (χ2n) is 11.6. The van der Waals surface area contributed by atoms with E-state index in [9.17, 15) is 0 Å². The van der Waals surface area contributed by atoms with Gasteiger partial charge in [-0.1, -0.05) is 109 Å². The van der Waals surface area contributed by atoms with Crippen LogP contribution < -0.4 is 10.6 Å². The van der Waals surface area contributed by atoms with Gasteiger partial charge in [-0.15, -0.1) is 0 Å². The lowest BCUT2D eigenvalue weighted by atomic mass is 9.68. The van der Waals surface area contributed by atoms with Crippen LogP contribution in [0.15, 0.2) is 133 Å². The first-order chi connectivity index (χ1) is 20.3. The monoisotopic (exact) mass is 526 g/mol. The molecule has 0 bridgehead atoms. The van der Waals surface area contributed by atoms with Crippen LogP contribution in [-0.2, 0) is 5.41 Å². The second-order valence-corrected chi connectivity index (χ2v) is 11.6. The summed E-state index contributed by atoms with van der Waals surface area (Å²) in [5.74, 6) is 0. The molecule has 1 atom stereocenters. The Labute approximate surface area is 240 Å². The van der Waals surface area contributed by atoms with Crippen LogP contribution in [0.3, 0.4) is 0 Å². The van der Waals surface area contributed by atoms with Crippen molar-refractivity contribution in [3.05, 3.63) is 166 Å². The van der Waals surface area contributed by atoms with Crippen molar-refractivity contribution in [2.45, 2.75) is 18.3 Å². The number of hydrogen-bond acceptors (Lipinski definition) is 2. The molecule has 9 rings (SSSR count). The molecule has 41 heavy (non-hydrogen) atoms. The first-order valence-corrected chi connectivity index (χ1v) is 14.8. The molecule has 1 spiro atoms. The molecule has 1 unspecified atom stereocenters. The maximum atomic E-state index is 3.75. The standard InChI is InChI=1S/C39H30N2/c1-2-8-28-23-29(18-17-25(28)7-1)26-13-15-27(16-14-26)30-19-20-32-36(24-30)39(35-12-6-22-41-38(32)35)33-10-4-3-9-31(33)37-34(39)11-5-21-40-37/h1-13,15,17-20,23-24,40-41H,14,16,21-22H2. The lowest BCUT2D eigenvalue weighted by molar-refractivity contribution is 0.764. The highest BCUT2D eigenvalue weighted by Crippen LogP contribution is 2.61. The van der Waals surface area contributed by atoms with Gasteiger partial charge in [0.05, 0.1) is 5.41 Å². The lowest BCUT2D eigenvalue weighted by Crippen LogP contribution is -2.30. The van der Waals surface area contributed by atoms with E-state index >= 15 is 0 Å². The molecule has 0 amide bonds. The fraction of sp³-hybridized carbons (Fsp3) is 0.128. The van der Waals surface area contributed by atoms with E-state index < -0.39 is 0 Å². The van der Waals surface area contributed by atoms with Gasteiger partial charge in [-0.05, 0) is 80.3 Å². The van der Waals surface area contributed by atoms with Gasteiger partial charge in [0.25, 0.3) is 0 Å². The number of benzene rings is 4. The molecule has 2 heteroatoms. The van der Waals surface area contributed by atoms with Gasteiger partial charge in [0.1, 0.15) is 0 Å². The molecule has 196 valence electrons. The van der Waals surface area contributed by atoms with E-state index in [2.05, 4.69) is 132 Å². The third-order valence-electron chi connectivity index (χ3n) is 9.64. The Morgan fingerprint density at radius 1 is 0.537 bits per heavy atom. The number of nitrogens with one attached hydrogen (secondary N) is 2. The quantitative estimate of drug-likeness (QED) is 0.275. The summed E-state index contributed by atoms with van der Waals surface area (Å²) in [4.78, 5) is 0. The SMILES string of the molecule is C1=CC2=C(NC1)c1ccccc1C21C2=C(NCC=C2)c2ccc(C3=CC=C(c4ccc5ccccc5c4)CC3)cc21. The minimum absolute atomic E-state index is 0.304. The Hall–Kier alpha value is -4.82. The third kappa shape index (κ3) is 3.13. The summed E-state index contributed by atoms with van der Waals surface area (Å²) in [7, 11) is 0. The summed E-state index contributed by atoms with van der Waals surface area (Å²) in [5, 5.41) is 10.1. The first kappa shape index (κ1) is 22.9. The topological polar surface area (TPSA) is 24.1 Å². The normalized spacial score (nSPS) is 21.7. The summed E-state index contributed by atoms with van der Waals surface area (Å²) >= 11 is 0. The van der Waals surface area contributed by atoms with E-state index in [-0.39, 0.29) is 5.41 Å². The van der Waals surface area contributed by atoms with Crippen LogP contribution >= 0.6 is 0 Å². The number of allylic oxidation sites excluding steroid dienone is 8. The molecule has 3 aliphatic carbocycles. The van der Waals surface area contributed by atoms with E-state index in [4.69, 9.17) is 0 Å². The fourth-order valence-corrected chi connectivity index (χ4v) is 7.82. The summed E-state index contributed by atoms with van der Waals surface area (Å²) in [6, 6.07) is 31.7. The highest BCUT2D eigenvalue weighted by atomic mass is 14.9. The van der Waals surface area contributed by atoms with E-state index in [1.165, 1.54) is 77.8 Å². The van der Waals surface area contributed by atoms with E-state index in [0.29, 0.717) is 0 Å². The Balaban J connectivity index is 1.19. The zero-order valence-electron chi connectivity index (χ0n) is 22.9. The van der Waals surface area contributed by atoms with Crippen molar-refractivity contribution in [1.82, 2.24) is 10.6 Å². The van der Waals surface area contributed by atoms with Crippen molar-refractivity contribution in [2.24, 2.45) is 0 Å². The van der Waals surface area contributed by atoms with Crippen LogP contribution in [0.5, 0.6) is 0 Å². The summed E-state index contributed by atoms with van der Waals surface area (Å²) in [6.07, 6.45) is 16.1. The summed E-state index contributed by atoms with van der Waals surface area (Å²) in [5.41, 5.74) is 16.0. The van der Waals surface area contributed by atoms with Crippen LogP contribution in [0.1, 0.15) is 46.2 Å². The molecule has 4 aromatic rings. The van der Waals surface area contributed by atoms with Crippen molar-refractivity contribution in [3.63, 3.8) is 0 Å². The molecule has 4 aromatic carbocycles. The number of fused-ring (bicyclic) bond motifs is 9. The minimum atomic E-state index is -0.304. The third-order valence-corrected chi connectivity index (χ3v) is 9.64. The molecule has 0 saturated carbocycles. The van der Waals surface area contributed by atoms with Crippen molar-refractivity contribution >= 4 is 33.3 Å². The fourth-order valence-electron chi connectivity index (χ4n) is 7.82. The zero-order chi connectivity index (χ0) is 27.0. The zero-order valence-corrected chi connectivity index (χ0v) is 22.9. The second kappa shape index (κ2) is 8.59. The van der Waals surface area contributed by atoms with Crippen LogP contribution in [-0.4, -0.2) is 13.1 Å². The van der Waals surface area contributed by atoms with Crippen LogP contribution in [0, 0.1) is 0 Å². The van der Waals surface area contributed by atoms with E-state index in [1.807, 2.05) is 0 Å². The summed E-state index contributed by atoms with van der Waals surface area (Å²) < 4.78 is 0. The van der Waals surface area contributed by atoms with E-state index in [0.717, 1.165) is 25.9 Å². The van der Waals surface area contributed by atoms with E-state index in [1.54, 1.807) is 0 Å². The van der Waals surface area contributed by atoms with Gasteiger partial charge in [0.15, 0.2) is 0 Å². The molecule has 2 nitrogen and oxygen atoms in total. The highest BCUT2D eigenvalue weighted by molar-refractivity contribution is 5.97. The van der Waals surface area contributed by atoms with Gasteiger partial charge >= 0.3 is 0 Å². The molecule has 2 aliphatic heterocycles. The first-order valence-electron chi connectivity index (χ1n) is 14.8. The van der Waals surface area contributed by atoms with Gasteiger partial charge in [0.2, 0.25) is 0 Å². The maximum absolute atomic E-state index is 3.75. The minimum Gasteiger partial charge on any atom is -0.381 e. The molecular weight excluding hydrogens is 496 g/mol. The van der Waals surface area contributed by atoms with Gasteiger partial charge in [0, 0.05) is 35.6 Å². The Morgan fingerprint density at radius 2 is 1.15 bits per heavy atom. The Kier molecular flexibility index (Phi) is 4.81. The molecule has 0 radical (unpaired) electrons. The predicted molar refractivity (Wildman–Crippen MR) is 171 cm³/mol. The molecule has 2 heterocycles. The lowest BCUT2D eigenvalue weighted by Gasteiger charge is -2.33. The van der Waals surface area contributed by atoms with Gasteiger partial charge < -0.3 is 10.6 Å². The predicted octanol–water partition coefficient (Wildman–Crippen LogP) is 8.15. The molecule has 0 saturated heterocycles. The number of rotatable bonds is 2. The van der Waals surface area contributed by atoms with Crippen LogP contribution in [0.4, 0.5) is 0 Å². The Morgan fingerprint density at radius 3 is 1.88 bits per heavy atom. The number of hydrogen-bond donors (Lipinski definition) is 2. The smallest absolute Gasteiger partial charge is 0.0755 e. The number of dihydropyridines is 2. The van der Waals surface area contributed by atoms with Crippen molar-refractivity contribution in [1.29, 1.82) is 0 Å². The van der Waals surface area contributed by atoms with Gasteiger partial charge in [-0.3, -0.25) is 0 Å². The maximum Gasteiger partial charge on any atom is 0.0755 e. The van der Waals surface area contributed by atoms with Gasteiger partial charge in [-0.2, -0.15) is 0 Å². The average molecular weight is 527 g/mol. The summed E-state index contributed by atoms with van der Waals surface area (Å²) in [6.45, 7) is 1.74. The van der Waals surface area contributed by atoms with Crippen LogP contribution in [0.2, 0.25) is 0 Å². The molecule has 2 N–H and O–H groups in total. The average Bonchev–Trinajstić information content (AvgIpc) is 3.52. The van der Waals surface area contributed by atoms with Crippen LogP contribution in [0.25, 0.3) is 33.3 Å². The molecule has 5 aliphatic rings.